The van der Waals surface area contributed by atoms with Gasteiger partial charge in [-0.1, -0.05) is 109 Å². The second kappa shape index (κ2) is 10.5. The summed E-state index contributed by atoms with van der Waals surface area (Å²) in [6.07, 6.45) is 1.85. The van der Waals surface area contributed by atoms with E-state index < -0.39 is 0 Å². The Morgan fingerprint density at radius 1 is 0.417 bits per heavy atom. The number of nitrogens with zero attached hydrogens (tertiary/aromatic N) is 5. The van der Waals surface area contributed by atoms with E-state index >= 15 is 0 Å². The third-order valence-electron chi connectivity index (χ3n) is 9.37. The average molecular weight is 614 g/mol. The second-order valence-corrected chi connectivity index (χ2v) is 12.1. The number of hydrogen-bond donors (Lipinski definition) is 0. The van der Waals surface area contributed by atoms with Crippen LogP contribution >= 0.6 is 0 Å². The van der Waals surface area contributed by atoms with E-state index in [9.17, 15) is 0 Å². The lowest BCUT2D eigenvalue weighted by atomic mass is 10.0. The molecule has 0 bridgehead atoms. The van der Waals surface area contributed by atoms with Gasteiger partial charge in [-0.3, -0.25) is 9.55 Å². The third kappa shape index (κ3) is 3.94. The van der Waals surface area contributed by atoms with Crippen LogP contribution in [0.15, 0.2) is 164 Å². The number of aromatic nitrogens is 5. The Morgan fingerprint density at radius 2 is 1.00 bits per heavy atom. The second-order valence-electron chi connectivity index (χ2n) is 12.1. The summed E-state index contributed by atoms with van der Waals surface area (Å²) >= 11 is 0. The zero-order valence-electron chi connectivity index (χ0n) is 25.8. The van der Waals surface area contributed by atoms with Crippen molar-refractivity contribution < 1.29 is 0 Å². The lowest BCUT2D eigenvalue weighted by Crippen LogP contribution is -2.03. The van der Waals surface area contributed by atoms with Gasteiger partial charge in [-0.15, -0.1) is 0 Å². The predicted octanol–water partition coefficient (Wildman–Crippen LogP) is 10.6. The quantitative estimate of drug-likeness (QED) is 0.198. The highest BCUT2D eigenvalue weighted by atomic mass is 15.1. The standard InChI is InChI=1S/C43H27N5/c1-3-13-28(14-4-1)30-25-26-40(46-41(30)37-27-44-35-19-9-10-20-36(35)45-37)48-39-22-12-8-18-32(39)34-24-23-33-31-17-7-11-21-38(31)47(42(33)43(34)48)29-15-5-2-6-16-29/h1-27H. The van der Waals surface area contributed by atoms with Crippen LogP contribution in [0.4, 0.5) is 0 Å². The zero-order chi connectivity index (χ0) is 31.6. The summed E-state index contributed by atoms with van der Waals surface area (Å²) < 4.78 is 4.73. The highest BCUT2D eigenvalue weighted by Crippen LogP contribution is 2.42. The lowest BCUT2D eigenvalue weighted by molar-refractivity contribution is 1.07. The molecule has 0 radical (unpaired) electrons. The molecular weight excluding hydrogens is 587 g/mol. The summed E-state index contributed by atoms with van der Waals surface area (Å²) in [5.74, 6) is 0.822. The summed E-state index contributed by atoms with van der Waals surface area (Å²) in [6, 6.07) is 55.2. The van der Waals surface area contributed by atoms with Crippen LogP contribution in [0, 0.1) is 0 Å². The Morgan fingerprint density at radius 3 is 1.73 bits per heavy atom. The largest absolute Gasteiger partial charge is 0.307 e. The van der Waals surface area contributed by atoms with Crippen molar-refractivity contribution in [3.63, 3.8) is 0 Å². The van der Waals surface area contributed by atoms with Crippen molar-refractivity contribution in [1.29, 1.82) is 0 Å². The van der Waals surface area contributed by atoms with E-state index in [1.54, 1.807) is 0 Å². The molecule has 0 aliphatic heterocycles. The SMILES string of the molecule is c1ccc(-c2ccc(-n3c4ccccc4c4ccc5c6ccccc6n(-c6ccccc6)c5c43)nc2-c2cnc3ccccc3n2)cc1. The van der Waals surface area contributed by atoms with Crippen LogP contribution in [0.2, 0.25) is 0 Å². The van der Waals surface area contributed by atoms with Crippen LogP contribution in [-0.4, -0.2) is 24.1 Å². The molecule has 0 aliphatic rings. The minimum absolute atomic E-state index is 0.735. The smallest absolute Gasteiger partial charge is 0.138 e. The summed E-state index contributed by atoms with van der Waals surface area (Å²) in [7, 11) is 0. The van der Waals surface area contributed by atoms with E-state index in [4.69, 9.17) is 15.0 Å². The first-order chi connectivity index (χ1) is 23.8. The number of fused-ring (bicyclic) bond motifs is 8. The Bertz CT molecular complexity index is 2830. The molecule has 0 N–H and O–H groups in total. The van der Waals surface area contributed by atoms with Gasteiger partial charge >= 0.3 is 0 Å². The summed E-state index contributed by atoms with van der Waals surface area (Å²) in [4.78, 5) is 15.3. The van der Waals surface area contributed by atoms with Gasteiger partial charge in [0.2, 0.25) is 0 Å². The normalized spacial score (nSPS) is 11.8. The molecule has 6 aromatic carbocycles. The Labute approximate surface area is 276 Å². The van der Waals surface area contributed by atoms with Gasteiger partial charge in [0.25, 0.3) is 0 Å². The average Bonchev–Trinajstić information content (AvgIpc) is 3.68. The van der Waals surface area contributed by atoms with Crippen LogP contribution in [0.1, 0.15) is 0 Å². The Balaban J connectivity index is 1.35. The van der Waals surface area contributed by atoms with Gasteiger partial charge in [-0.25, -0.2) is 9.97 Å². The number of hydrogen-bond acceptors (Lipinski definition) is 3. The molecule has 10 rings (SSSR count). The first kappa shape index (κ1) is 26.6. The topological polar surface area (TPSA) is 48.5 Å². The Kier molecular flexibility index (Phi) is 5.81. The highest BCUT2D eigenvalue weighted by Gasteiger charge is 2.22. The van der Waals surface area contributed by atoms with E-state index in [1.807, 2.05) is 36.5 Å². The van der Waals surface area contributed by atoms with E-state index in [0.717, 1.165) is 61.6 Å². The van der Waals surface area contributed by atoms with Crippen LogP contribution in [0.25, 0.3) is 88.7 Å². The van der Waals surface area contributed by atoms with Gasteiger partial charge in [0, 0.05) is 32.8 Å². The van der Waals surface area contributed by atoms with E-state index in [1.165, 1.54) is 27.1 Å². The van der Waals surface area contributed by atoms with Gasteiger partial charge in [0.1, 0.15) is 17.2 Å². The van der Waals surface area contributed by atoms with Crippen LogP contribution in [0.3, 0.4) is 0 Å². The van der Waals surface area contributed by atoms with Gasteiger partial charge in [-0.05, 0) is 54.1 Å². The fourth-order valence-electron chi connectivity index (χ4n) is 7.27. The van der Waals surface area contributed by atoms with E-state index in [2.05, 4.69) is 137 Å². The Hall–Kier alpha value is -6.59. The van der Waals surface area contributed by atoms with Crippen molar-refractivity contribution in [2.75, 3.05) is 0 Å². The van der Waals surface area contributed by atoms with Crippen molar-refractivity contribution in [2.24, 2.45) is 0 Å². The number of para-hydroxylation sites is 5. The molecule has 4 heterocycles. The molecule has 0 unspecified atom stereocenters. The van der Waals surface area contributed by atoms with E-state index in [0.29, 0.717) is 0 Å². The lowest BCUT2D eigenvalue weighted by Gasteiger charge is -2.15. The number of pyridine rings is 1. The fourth-order valence-corrected chi connectivity index (χ4v) is 7.27. The van der Waals surface area contributed by atoms with Gasteiger partial charge in [0.05, 0.1) is 39.3 Å². The summed E-state index contributed by atoms with van der Waals surface area (Å²) in [6.45, 7) is 0. The molecule has 224 valence electrons. The maximum Gasteiger partial charge on any atom is 0.138 e. The van der Waals surface area contributed by atoms with E-state index in [-0.39, 0.29) is 0 Å². The van der Waals surface area contributed by atoms with Gasteiger partial charge < -0.3 is 4.57 Å². The van der Waals surface area contributed by atoms with Crippen molar-refractivity contribution in [2.45, 2.75) is 0 Å². The van der Waals surface area contributed by atoms with Crippen LogP contribution in [-0.2, 0) is 0 Å². The molecule has 0 saturated carbocycles. The molecule has 0 atom stereocenters. The van der Waals surface area contributed by atoms with Crippen LogP contribution in [0.5, 0.6) is 0 Å². The first-order valence-electron chi connectivity index (χ1n) is 16.1. The monoisotopic (exact) mass is 613 g/mol. The van der Waals surface area contributed by atoms with Gasteiger partial charge in [-0.2, -0.15) is 0 Å². The summed E-state index contributed by atoms with van der Waals surface area (Å²) in [5.41, 5.74) is 11.0. The molecular formula is C43H27N5. The number of rotatable bonds is 4. The molecule has 0 saturated heterocycles. The summed E-state index contributed by atoms with van der Waals surface area (Å²) in [5, 5.41) is 4.78. The molecule has 48 heavy (non-hydrogen) atoms. The molecule has 0 amide bonds. The van der Waals surface area contributed by atoms with Crippen molar-refractivity contribution in [3.8, 4) is 34.0 Å². The minimum atomic E-state index is 0.735. The molecule has 5 heteroatoms. The fraction of sp³-hybridized carbons (Fsp3) is 0. The maximum atomic E-state index is 5.48. The first-order valence-corrected chi connectivity index (χ1v) is 16.1. The van der Waals surface area contributed by atoms with Crippen molar-refractivity contribution >= 4 is 54.6 Å². The van der Waals surface area contributed by atoms with Crippen molar-refractivity contribution in [3.05, 3.63) is 164 Å². The zero-order valence-corrected chi connectivity index (χ0v) is 25.8. The molecule has 10 aromatic rings. The minimum Gasteiger partial charge on any atom is -0.307 e. The predicted molar refractivity (Wildman–Crippen MR) is 197 cm³/mol. The molecule has 5 nitrogen and oxygen atoms in total. The molecule has 4 aromatic heterocycles. The molecule has 0 aliphatic carbocycles. The maximum absolute atomic E-state index is 5.48. The van der Waals surface area contributed by atoms with Crippen LogP contribution < -0.4 is 0 Å². The molecule has 0 spiro atoms. The number of benzene rings is 6. The molecule has 0 fully saturated rings. The third-order valence-corrected chi connectivity index (χ3v) is 9.37. The van der Waals surface area contributed by atoms with Gasteiger partial charge in [0.15, 0.2) is 0 Å². The highest BCUT2D eigenvalue weighted by molar-refractivity contribution is 6.23. The van der Waals surface area contributed by atoms with Crippen molar-refractivity contribution in [1.82, 2.24) is 24.1 Å².